The minimum atomic E-state index is -0.833. The number of nitrogens with zero attached hydrogens (tertiary/aromatic N) is 2. The van der Waals surface area contributed by atoms with Crippen LogP contribution >= 0.6 is 0 Å². The zero-order chi connectivity index (χ0) is 24.4. The first-order chi connectivity index (χ1) is 17.0. The van der Waals surface area contributed by atoms with E-state index in [1.807, 2.05) is 24.3 Å². The second-order valence-electron chi connectivity index (χ2n) is 8.76. The fraction of sp³-hybridized carbons (Fsp3) is 0.308. The molecule has 180 valence electrons. The van der Waals surface area contributed by atoms with Crippen LogP contribution in [0.3, 0.4) is 0 Å². The third kappa shape index (κ3) is 4.62. The first-order valence-corrected chi connectivity index (χ1v) is 11.6. The smallest absolute Gasteiger partial charge is 0.407 e. The van der Waals surface area contributed by atoms with Crippen molar-refractivity contribution in [2.45, 2.75) is 25.3 Å². The van der Waals surface area contributed by atoms with Gasteiger partial charge in [0, 0.05) is 25.1 Å². The molecule has 0 unspecified atom stereocenters. The number of hydrogen-bond acceptors (Lipinski definition) is 6. The van der Waals surface area contributed by atoms with Crippen LogP contribution in [0.25, 0.3) is 11.1 Å². The quantitative estimate of drug-likeness (QED) is 0.558. The number of carboxylic acids is 1. The maximum atomic E-state index is 12.6. The van der Waals surface area contributed by atoms with Crippen molar-refractivity contribution < 1.29 is 28.8 Å². The van der Waals surface area contributed by atoms with E-state index in [-0.39, 0.29) is 30.7 Å². The molecule has 1 fully saturated rings. The Kier molecular flexibility index (Phi) is 6.22. The molecule has 2 amide bonds. The SMILES string of the molecule is O=C(NCc1cc(C(=O)N2CCC(C(=O)O)CC2)no1)OCC1c2ccccc2-c2ccccc21. The van der Waals surface area contributed by atoms with Crippen molar-refractivity contribution in [1.82, 2.24) is 15.4 Å². The van der Waals surface area contributed by atoms with Gasteiger partial charge in [-0.25, -0.2) is 4.79 Å². The minimum absolute atomic E-state index is 0.0258. The summed E-state index contributed by atoms with van der Waals surface area (Å²) < 4.78 is 10.7. The van der Waals surface area contributed by atoms with Gasteiger partial charge in [-0.2, -0.15) is 0 Å². The summed E-state index contributed by atoms with van der Waals surface area (Å²) in [4.78, 5) is 37.6. The molecule has 9 nitrogen and oxygen atoms in total. The summed E-state index contributed by atoms with van der Waals surface area (Å²) in [6, 6.07) is 17.7. The number of fused-ring (bicyclic) bond motifs is 3. The van der Waals surface area contributed by atoms with Crippen molar-refractivity contribution in [3.8, 4) is 11.1 Å². The third-order valence-corrected chi connectivity index (χ3v) is 6.66. The van der Waals surface area contributed by atoms with Crippen LogP contribution in [0.2, 0.25) is 0 Å². The van der Waals surface area contributed by atoms with Crippen molar-refractivity contribution in [2.24, 2.45) is 5.92 Å². The molecule has 2 aromatic carbocycles. The lowest BCUT2D eigenvalue weighted by molar-refractivity contribution is -0.143. The van der Waals surface area contributed by atoms with Gasteiger partial charge < -0.3 is 24.6 Å². The van der Waals surface area contributed by atoms with Gasteiger partial charge in [0.1, 0.15) is 6.61 Å². The van der Waals surface area contributed by atoms with E-state index in [4.69, 9.17) is 14.4 Å². The Bertz CT molecular complexity index is 1220. The van der Waals surface area contributed by atoms with Crippen molar-refractivity contribution in [3.63, 3.8) is 0 Å². The Morgan fingerprint density at radius 1 is 1.03 bits per heavy atom. The van der Waals surface area contributed by atoms with Crippen LogP contribution in [0.4, 0.5) is 4.79 Å². The lowest BCUT2D eigenvalue weighted by atomic mass is 9.97. The van der Waals surface area contributed by atoms with Gasteiger partial charge >= 0.3 is 12.1 Å². The molecular formula is C26H25N3O6. The van der Waals surface area contributed by atoms with Gasteiger partial charge in [0.05, 0.1) is 12.5 Å². The summed E-state index contributed by atoms with van der Waals surface area (Å²) in [6.07, 6.45) is 0.233. The summed E-state index contributed by atoms with van der Waals surface area (Å²) in [5.41, 5.74) is 4.70. The van der Waals surface area contributed by atoms with E-state index < -0.39 is 18.0 Å². The second kappa shape index (κ2) is 9.61. The molecule has 5 rings (SSSR count). The highest BCUT2D eigenvalue weighted by Crippen LogP contribution is 2.44. The van der Waals surface area contributed by atoms with Gasteiger partial charge in [0.25, 0.3) is 5.91 Å². The molecule has 3 aromatic rings. The molecule has 0 spiro atoms. The number of amides is 2. The zero-order valence-corrected chi connectivity index (χ0v) is 19.0. The normalized spacial score (nSPS) is 15.4. The number of ether oxygens (including phenoxy) is 1. The van der Waals surface area contributed by atoms with Gasteiger partial charge in [-0.1, -0.05) is 53.7 Å². The van der Waals surface area contributed by atoms with E-state index in [2.05, 4.69) is 34.7 Å². The van der Waals surface area contributed by atoms with Crippen molar-refractivity contribution >= 4 is 18.0 Å². The van der Waals surface area contributed by atoms with Crippen molar-refractivity contribution in [3.05, 3.63) is 77.2 Å². The molecule has 1 aromatic heterocycles. The number of carbonyl (C=O) groups excluding carboxylic acids is 2. The van der Waals surface area contributed by atoms with Crippen LogP contribution in [0.15, 0.2) is 59.1 Å². The Morgan fingerprint density at radius 3 is 2.29 bits per heavy atom. The number of aromatic nitrogens is 1. The lowest BCUT2D eigenvalue weighted by Gasteiger charge is -2.29. The fourth-order valence-electron chi connectivity index (χ4n) is 4.80. The molecular weight excluding hydrogens is 450 g/mol. The number of piperidine rings is 1. The van der Waals surface area contributed by atoms with E-state index in [1.54, 1.807) is 4.90 Å². The Morgan fingerprint density at radius 2 is 1.66 bits per heavy atom. The van der Waals surface area contributed by atoms with Gasteiger partial charge in [-0.15, -0.1) is 0 Å². The monoisotopic (exact) mass is 475 g/mol. The van der Waals surface area contributed by atoms with Crippen molar-refractivity contribution in [2.75, 3.05) is 19.7 Å². The molecule has 0 atom stereocenters. The van der Waals surface area contributed by atoms with Gasteiger partial charge in [-0.3, -0.25) is 9.59 Å². The largest absolute Gasteiger partial charge is 0.481 e. The molecule has 2 heterocycles. The second-order valence-corrected chi connectivity index (χ2v) is 8.76. The molecule has 2 N–H and O–H groups in total. The predicted molar refractivity (Wildman–Crippen MR) is 125 cm³/mol. The summed E-state index contributed by atoms with van der Waals surface area (Å²) in [5.74, 6) is -1.28. The molecule has 0 bridgehead atoms. The maximum Gasteiger partial charge on any atom is 0.407 e. The minimum Gasteiger partial charge on any atom is -0.481 e. The average molecular weight is 476 g/mol. The molecule has 35 heavy (non-hydrogen) atoms. The number of hydrogen-bond donors (Lipinski definition) is 2. The molecule has 2 aliphatic rings. The molecule has 0 saturated carbocycles. The highest BCUT2D eigenvalue weighted by atomic mass is 16.5. The maximum absolute atomic E-state index is 12.6. The molecule has 1 saturated heterocycles. The van der Waals surface area contributed by atoms with E-state index in [0.717, 1.165) is 22.3 Å². The first kappa shape index (κ1) is 22.6. The number of nitrogens with one attached hydrogen (secondary N) is 1. The standard InChI is InChI=1S/C26H25N3O6/c30-24(29-11-9-16(10-12-29)25(31)32)23-13-17(35-28-23)14-27-26(33)34-15-22-20-7-3-1-5-18(20)19-6-2-4-8-21(19)22/h1-8,13,16,22H,9-12,14-15H2,(H,27,33)(H,31,32). The summed E-state index contributed by atoms with van der Waals surface area (Å²) in [6.45, 7) is 0.941. The third-order valence-electron chi connectivity index (χ3n) is 6.66. The Hall–Kier alpha value is -4.14. The number of rotatable bonds is 6. The van der Waals surface area contributed by atoms with E-state index in [9.17, 15) is 14.4 Å². The number of alkyl carbamates (subject to hydrolysis) is 1. The summed E-state index contributed by atoms with van der Waals surface area (Å²) in [5, 5.41) is 15.5. The molecule has 0 radical (unpaired) electrons. The predicted octanol–water partition coefficient (Wildman–Crippen LogP) is 3.65. The number of carboxylic acid groups (broad SMARTS) is 1. The van der Waals surface area contributed by atoms with Gasteiger partial charge in [-0.05, 0) is 35.1 Å². The topological polar surface area (TPSA) is 122 Å². The highest BCUT2D eigenvalue weighted by molar-refractivity contribution is 5.92. The van der Waals surface area contributed by atoms with E-state index >= 15 is 0 Å². The Balaban J connectivity index is 1.13. The summed E-state index contributed by atoms with van der Waals surface area (Å²) in [7, 11) is 0. The highest BCUT2D eigenvalue weighted by Gasteiger charge is 2.30. The molecule has 1 aliphatic heterocycles. The van der Waals surface area contributed by atoms with E-state index in [0.29, 0.717) is 31.7 Å². The van der Waals surface area contributed by atoms with Crippen LogP contribution in [0.5, 0.6) is 0 Å². The van der Waals surface area contributed by atoms with Crippen molar-refractivity contribution in [1.29, 1.82) is 0 Å². The first-order valence-electron chi connectivity index (χ1n) is 11.6. The summed E-state index contributed by atoms with van der Waals surface area (Å²) >= 11 is 0. The number of likely N-dealkylation sites (tertiary alicyclic amines) is 1. The molecule has 1 aliphatic carbocycles. The van der Waals surface area contributed by atoms with Crippen LogP contribution in [-0.4, -0.2) is 52.8 Å². The molecule has 9 heteroatoms. The van der Waals surface area contributed by atoms with Crippen LogP contribution in [0.1, 0.15) is 46.1 Å². The zero-order valence-electron chi connectivity index (χ0n) is 19.0. The average Bonchev–Trinajstić information content (AvgIpc) is 3.49. The van der Waals surface area contributed by atoms with Crippen LogP contribution in [-0.2, 0) is 16.1 Å². The lowest BCUT2D eigenvalue weighted by Crippen LogP contribution is -2.40. The number of aliphatic carboxylic acids is 1. The number of carbonyl (C=O) groups is 3. The van der Waals surface area contributed by atoms with Crippen LogP contribution in [0, 0.1) is 5.92 Å². The van der Waals surface area contributed by atoms with Crippen LogP contribution < -0.4 is 5.32 Å². The van der Waals surface area contributed by atoms with E-state index in [1.165, 1.54) is 6.07 Å². The number of benzene rings is 2. The Labute approximate surface area is 201 Å². The van der Waals surface area contributed by atoms with Gasteiger partial charge in [0.2, 0.25) is 0 Å². The fourth-order valence-corrected chi connectivity index (χ4v) is 4.80. The van der Waals surface area contributed by atoms with Gasteiger partial charge in [0.15, 0.2) is 11.5 Å².